The Morgan fingerprint density at radius 2 is 2.05 bits per heavy atom. The molecule has 2 saturated heterocycles. The molecule has 118 valence electrons. The van der Waals surface area contributed by atoms with Gasteiger partial charge in [-0.2, -0.15) is 0 Å². The van der Waals surface area contributed by atoms with Gasteiger partial charge in [-0.05, 0) is 26.2 Å². The van der Waals surface area contributed by atoms with E-state index in [4.69, 9.17) is 9.84 Å². The molecule has 1 unspecified atom stereocenters. The molecule has 0 bridgehead atoms. The number of carbonyl (C=O) groups is 2. The molecular formula is C14H23N3O4. The summed E-state index contributed by atoms with van der Waals surface area (Å²) in [5.74, 6) is -0.981. The van der Waals surface area contributed by atoms with Crippen LogP contribution in [0.2, 0.25) is 0 Å². The number of nitrogens with one attached hydrogen (secondary N) is 1. The first-order valence-electron chi connectivity index (χ1n) is 7.60. The second-order valence-electron chi connectivity index (χ2n) is 6.65. The van der Waals surface area contributed by atoms with Gasteiger partial charge in [0.25, 0.3) is 0 Å². The third kappa shape index (κ3) is 3.47. The van der Waals surface area contributed by atoms with Crippen molar-refractivity contribution in [3.05, 3.63) is 0 Å². The number of ether oxygens (including phenoxy) is 1. The Kier molecular flexibility index (Phi) is 3.79. The number of hydrogen-bond donors (Lipinski definition) is 2. The lowest BCUT2D eigenvalue weighted by atomic mass is 9.97. The van der Waals surface area contributed by atoms with Crippen LogP contribution in [0.5, 0.6) is 0 Å². The smallest absolute Gasteiger partial charge is 0.329 e. The van der Waals surface area contributed by atoms with E-state index >= 15 is 0 Å². The fourth-order valence-corrected chi connectivity index (χ4v) is 3.17. The topological polar surface area (TPSA) is 82.1 Å². The first-order valence-corrected chi connectivity index (χ1v) is 7.60. The Balaban J connectivity index is 1.38. The fourth-order valence-electron chi connectivity index (χ4n) is 3.17. The standard InChI is InChI=1S/C14H23N3O4/c1-14(21-7-12(18)19)8-17(9-14)13(20)15-10-4-5-16(6-10)11-2-3-11/h10-11H,2-9H2,1H3,(H,15,20)(H,18,19). The number of nitrogens with zero attached hydrogens (tertiary/aromatic N) is 2. The van der Waals surface area contributed by atoms with Gasteiger partial charge in [0.05, 0.1) is 13.1 Å². The molecule has 0 spiro atoms. The van der Waals surface area contributed by atoms with Crippen LogP contribution in [0.15, 0.2) is 0 Å². The Morgan fingerprint density at radius 3 is 2.67 bits per heavy atom. The Labute approximate surface area is 124 Å². The molecule has 0 aromatic carbocycles. The van der Waals surface area contributed by atoms with Gasteiger partial charge in [-0.3, -0.25) is 4.90 Å². The number of likely N-dealkylation sites (tertiary alicyclic amines) is 2. The fraction of sp³-hybridized carbons (Fsp3) is 0.857. The van der Waals surface area contributed by atoms with E-state index in [9.17, 15) is 9.59 Å². The molecule has 7 nitrogen and oxygen atoms in total. The van der Waals surface area contributed by atoms with Crippen molar-refractivity contribution in [1.82, 2.24) is 15.1 Å². The summed E-state index contributed by atoms with van der Waals surface area (Å²) in [4.78, 5) is 26.8. The predicted molar refractivity (Wildman–Crippen MR) is 75.1 cm³/mol. The molecule has 7 heteroatoms. The summed E-state index contributed by atoms with van der Waals surface area (Å²) in [5.41, 5.74) is -0.522. The number of aliphatic carboxylic acids is 1. The second kappa shape index (κ2) is 5.46. The van der Waals surface area contributed by atoms with Gasteiger partial charge in [0, 0.05) is 25.2 Å². The molecule has 2 N–H and O–H groups in total. The van der Waals surface area contributed by atoms with Crippen LogP contribution in [0.3, 0.4) is 0 Å². The molecule has 2 amide bonds. The lowest BCUT2D eigenvalue weighted by Crippen LogP contribution is -2.66. The molecular weight excluding hydrogens is 274 g/mol. The maximum Gasteiger partial charge on any atom is 0.329 e. The van der Waals surface area contributed by atoms with Crippen LogP contribution >= 0.6 is 0 Å². The number of urea groups is 1. The predicted octanol–water partition coefficient (Wildman–Crippen LogP) is 0.108. The van der Waals surface area contributed by atoms with Crippen LogP contribution < -0.4 is 5.32 Å². The van der Waals surface area contributed by atoms with Gasteiger partial charge in [0.2, 0.25) is 0 Å². The number of hydrogen-bond acceptors (Lipinski definition) is 4. The number of amides is 2. The number of carboxylic acids is 1. The van der Waals surface area contributed by atoms with Crippen LogP contribution in [0, 0.1) is 0 Å². The van der Waals surface area contributed by atoms with Crippen molar-refractivity contribution in [2.24, 2.45) is 0 Å². The third-order valence-corrected chi connectivity index (χ3v) is 4.49. The first kappa shape index (κ1) is 14.6. The van der Waals surface area contributed by atoms with Crippen molar-refractivity contribution in [2.45, 2.75) is 43.9 Å². The van der Waals surface area contributed by atoms with Gasteiger partial charge >= 0.3 is 12.0 Å². The highest BCUT2D eigenvalue weighted by molar-refractivity contribution is 5.76. The summed E-state index contributed by atoms with van der Waals surface area (Å²) in [5, 5.41) is 11.7. The van der Waals surface area contributed by atoms with Crippen molar-refractivity contribution in [3.63, 3.8) is 0 Å². The highest BCUT2D eigenvalue weighted by Crippen LogP contribution is 2.30. The van der Waals surface area contributed by atoms with Crippen molar-refractivity contribution < 1.29 is 19.4 Å². The highest BCUT2D eigenvalue weighted by atomic mass is 16.5. The molecule has 0 aromatic heterocycles. The summed E-state index contributed by atoms with van der Waals surface area (Å²) in [6, 6.07) is 0.933. The average Bonchev–Trinajstić information content (AvgIpc) is 3.14. The molecule has 0 aromatic rings. The molecule has 2 heterocycles. The molecule has 0 radical (unpaired) electrons. The van der Waals surface area contributed by atoms with Crippen molar-refractivity contribution in [3.8, 4) is 0 Å². The van der Waals surface area contributed by atoms with Crippen LogP contribution in [0.25, 0.3) is 0 Å². The monoisotopic (exact) mass is 297 g/mol. The summed E-state index contributed by atoms with van der Waals surface area (Å²) >= 11 is 0. The first-order chi connectivity index (χ1) is 9.95. The minimum atomic E-state index is -0.981. The summed E-state index contributed by atoms with van der Waals surface area (Å²) in [6.07, 6.45) is 3.61. The average molecular weight is 297 g/mol. The van der Waals surface area contributed by atoms with E-state index < -0.39 is 11.6 Å². The molecule has 3 rings (SSSR count). The Bertz CT molecular complexity index is 432. The molecule has 3 fully saturated rings. The van der Waals surface area contributed by atoms with Crippen molar-refractivity contribution in [2.75, 3.05) is 32.8 Å². The van der Waals surface area contributed by atoms with Crippen LogP contribution in [0.4, 0.5) is 4.79 Å². The van der Waals surface area contributed by atoms with E-state index in [0.29, 0.717) is 13.1 Å². The molecule has 1 saturated carbocycles. The van der Waals surface area contributed by atoms with E-state index in [1.807, 2.05) is 6.92 Å². The van der Waals surface area contributed by atoms with Crippen LogP contribution in [-0.4, -0.2) is 77.4 Å². The Hall–Kier alpha value is -1.34. The largest absolute Gasteiger partial charge is 0.480 e. The lowest BCUT2D eigenvalue weighted by molar-refractivity contribution is -0.159. The molecule has 1 aliphatic carbocycles. The third-order valence-electron chi connectivity index (χ3n) is 4.49. The number of carboxylic acid groups (broad SMARTS) is 1. The van der Waals surface area contributed by atoms with Gasteiger partial charge in [0.15, 0.2) is 0 Å². The number of carbonyl (C=O) groups excluding carboxylic acids is 1. The van der Waals surface area contributed by atoms with E-state index in [1.165, 1.54) is 12.8 Å². The second-order valence-corrected chi connectivity index (χ2v) is 6.65. The van der Waals surface area contributed by atoms with E-state index in [-0.39, 0.29) is 18.7 Å². The van der Waals surface area contributed by atoms with Gasteiger partial charge in [-0.25, -0.2) is 9.59 Å². The minimum Gasteiger partial charge on any atom is -0.480 e. The quantitative estimate of drug-likeness (QED) is 0.752. The van der Waals surface area contributed by atoms with E-state index in [1.54, 1.807) is 4.90 Å². The van der Waals surface area contributed by atoms with Crippen LogP contribution in [-0.2, 0) is 9.53 Å². The minimum absolute atomic E-state index is 0.0611. The van der Waals surface area contributed by atoms with Gasteiger partial charge in [-0.15, -0.1) is 0 Å². The highest BCUT2D eigenvalue weighted by Gasteiger charge is 2.43. The van der Waals surface area contributed by atoms with Gasteiger partial charge in [0.1, 0.15) is 12.2 Å². The summed E-state index contributed by atoms with van der Waals surface area (Å²) in [7, 11) is 0. The summed E-state index contributed by atoms with van der Waals surface area (Å²) in [6.45, 7) is 4.46. The number of rotatable bonds is 5. The lowest BCUT2D eigenvalue weighted by Gasteiger charge is -2.47. The maximum absolute atomic E-state index is 12.1. The Morgan fingerprint density at radius 1 is 1.33 bits per heavy atom. The summed E-state index contributed by atoms with van der Waals surface area (Å²) < 4.78 is 5.30. The molecule has 2 aliphatic heterocycles. The van der Waals surface area contributed by atoms with Gasteiger partial charge in [-0.1, -0.05) is 0 Å². The van der Waals surface area contributed by atoms with E-state index in [0.717, 1.165) is 25.6 Å². The SMILES string of the molecule is CC1(OCC(=O)O)CN(C(=O)NC2CCN(C3CC3)C2)C1. The van der Waals surface area contributed by atoms with Crippen LogP contribution in [0.1, 0.15) is 26.2 Å². The molecule has 1 atom stereocenters. The van der Waals surface area contributed by atoms with Gasteiger partial charge < -0.3 is 20.1 Å². The van der Waals surface area contributed by atoms with E-state index in [2.05, 4.69) is 10.2 Å². The van der Waals surface area contributed by atoms with Crippen molar-refractivity contribution in [1.29, 1.82) is 0 Å². The zero-order chi connectivity index (χ0) is 15.0. The van der Waals surface area contributed by atoms with Crippen molar-refractivity contribution >= 4 is 12.0 Å². The molecule has 3 aliphatic rings. The zero-order valence-electron chi connectivity index (χ0n) is 12.4. The normalized spacial score (nSPS) is 28.2. The molecule has 21 heavy (non-hydrogen) atoms. The maximum atomic E-state index is 12.1. The zero-order valence-corrected chi connectivity index (χ0v) is 12.4.